The highest BCUT2D eigenvalue weighted by Gasteiger charge is 2.39. The van der Waals surface area contributed by atoms with E-state index >= 15 is 0 Å². The Hall–Kier alpha value is -0.410. The maximum atomic E-state index is 12.3. The van der Waals surface area contributed by atoms with Crippen LogP contribution < -0.4 is 0 Å². The highest BCUT2D eigenvalue weighted by Crippen LogP contribution is 2.37. The van der Waals surface area contributed by atoms with Gasteiger partial charge in [0.25, 0.3) is 0 Å². The lowest BCUT2D eigenvalue weighted by molar-refractivity contribution is 0.0321. The minimum absolute atomic E-state index is 0.237. The Balaban J connectivity index is 2.43. The summed E-state index contributed by atoms with van der Waals surface area (Å²) in [5.41, 5.74) is 1.58. The maximum absolute atomic E-state index is 12.3. The Kier molecular flexibility index (Phi) is 10.8. The van der Waals surface area contributed by atoms with E-state index in [-0.39, 0.29) is 19.4 Å². The number of halogens is 1. The quantitative estimate of drug-likeness (QED) is 0.294. The molecule has 1 saturated carbocycles. The molecule has 0 aromatic heterocycles. The van der Waals surface area contributed by atoms with Crippen LogP contribution in [0.1, 0.15) is 79.6 Å². The van der Waals surface area contributed by atoms with Crippen molar-refractivity contribution in [2.24, 2.45) is 5.92 Å². The molecule has 0 aliphatic heterocycles. The first-order valence-corrected chi connectivity index (χ1v) is 10.2. The second-order valence-electron chi connectivity index (χ2n) is 7.32. The van der Waals surface area contributed by atoms with Gasteiger partial charge in [0, 0.05) is 12.1 Å². The number of rotatable bonds is 14. The normalized spacial score (nSPS) is 23.5. The first-order valence-electron chi connectivity index (χ1n) is 10.2. The maximum Gasteiger partial charge on any atom is 0.113 e. The second kappa shape index (κ2) is 12.0. The Bertz CT molecular complexity index is 358. The summed E-state index contributed by atoms with van der Waals surface area (Å²) in [5.74, 6) is 0.868. The Morgan fingerprint density at radius 1 is 1.29 bits per heavy atom. The number of ether oxygens (including phenoxy) is 1. The van der Waals surface area contributed by atoms with Crippen LogP contribution in [-0.4, -0.2) is 42.9 Å². The lowest BCUT2D eigenvalue weighted by Gasteiger charge is -2.30. The van der Waals surface area contributed by atoms with Crippen LogP contribution in [0.5, 0.6) is 0 Å². The van der Waals surface area contributed by atoms with E-state index in [1.54, 1.807) is 5.57 Å². The number of hydrogen-bond donors (Lipinski definition) is 0. The van der Waals surface area contributed by atoms with E-state index in [2.05, 4.69) is 45.6 Å². The molecule has 1 aliphatic rings. The molecule has 0 saturated heterocycles. The monoisotopic (exact) mass is 341 g/mol. The number of unbranched alkanes of at least 4 members (excludes halogenated alkanes) is 1. The second-order valence-corrected chi connectivity index (χ2v) is 7.32. The molecule has 0 heterocycles. The molecule has 24 heavy (non-hydrogen) atoms. The minimum Gasteiger partial charge on any atom is -0.376 e. The van der Waals surface area contributed by atoms with E-state index in [1.807, 2.05) is 0 Å². The standard InChI is InChI=1S/C21H40FNO/c1-6-11-20(24-15-14-22)13-10-9-12-19(7-2)18(5)23(8-3)21-16-17(21)4/h12,17-18,20-21H,6-11,13-16H2,1-5H3. The smallest absolute Gasteiger partial charge is 0.113 e. The highest BCUT2D eigenvalue weighted by atomic mass is 19.1. The van der Waals surface area contributed by atoms with Gasteiger partial charge >= 0.3 is 0 Å². The van der Waals surface area contributed by atoms with Gasteiger partial charge in [0.05, 0.1) is 12.7 Å². The average molecular weight is 342 g/mol. The molecule has 1 rings (SSSR count). The predicted octanol–water partition coefficient (Wildman–Crippen LogP) is 5.77. The van der Waals surface area contributed by atoms with Gasteiger partial charge in [-0.15, -0.1) is 0 Å². The van der Waals surface area contributed by atoms with Crippen LogP contribution in [0.4, 0.5) is 4.39 Å². The summed E-state index contributed by atoms with van der Waals surface area (Å²) in [5, 5.41) is 0. The summed E-state index contributed by atoms with van der Waals surface area (Å²) in [6.07, 6.45) is 10.6. The third kappa shape index (κ3) is 7.23. The van der Waals surface area contributed by atoms with Crippen molar-refractivity contribution in [3.63, 3.8) is 0 Å². The molecule has 0 N–H and O–H groups in total. The molecule has 0 aromatic rings. The molecular formula is C21H40FNO. The molecule has 1 fully saturated rings. The summed E-state index contributed by atoms with van der Waals surface area (Å²) in [6, 6.07) is 1.35. The first-order chi connectivity index (χ1) is 11.6. The fraction of sp³-hybridized carbons (Fsp3) is 0.905. The van der Waals surface area contributed by atoms with Gasteiger partial charge in [-0.3, -0.25) is 4.90 Å². The van der Waals surface area contributed by atoms with E-state index in [0.29, 0.717) is 6.04 Å². The van der Waals surface area contributed by atoms with Gasteiger partial charge in [0.1, 0.15) is 6.67 Å². The van der Waals surface area contributed by atoms with E-state index in [4.69, 9.17) is 4.74 Å². The third-order valence-corrected chi connectivity index (χ3v) is 5.48. The van der Waals surface area contributed by atoms with Crippen molar-refractivity contribution < 1.29 is 9.13 Å². The van der Waals surface area contributed by atoms with E-state index in [0.717, 1.165) is 57.0 Å². The predicted molar refractivity (Wildman–Crippen MR) is 102 cm³/mol. The number of alkyl halides is 1. The zero-order valence-corrected chi connectivity index (χ0v) is 16.7. The SMILES string of the molecule is CCCC(CCCC=C(CC)C(C)N(CC)C1CC1C)OCCF. The first kappa shape index (κ1) is 21.6. The zero-order chi connectivity index (χ0) is 17.9. The van der Waals surface area contributed by atoms with Crippen molar-refractivity contribution in [1.82, 2.24) is 4.90 Å². The van der Waals surface area contributed by atoms with Crippen LogP contribution >= 0.6 is 0 Å². The van der Waals surface area contributed by atoms with E-state index in [1.165, 1.54) is 6.42 Å². The van der Waals surface area contributed by atoms with Crippen LogP contribution in [0.3, 0.4) is 0 Å². The molecule has 4 unspecified atom stereocenters. The molecule has 0 radical (unpaired) electrons. The Morgan fingerprint density at radius 2 is 2.00 bits per heavy atom. The van der Waals surface area contributed by atoms with Crippen molar-refractivity contribution >= 4 is 0 Å². The fourth-order valence-corrected chi connectivity index (χ4v) is 3.86. The lowest BCUT2D eigenvalue weighted by atomic mass is 10.0. The summed E-state index contributed by atoms with van der Waals surface area (Å²) in [7, 11) is 0. The Labute approximate surface area is 149 Å². The molecular weight excluding hydrogens is 301 g/mol. The van der Waals surface area contributed by atoms with Gasteiger partial charge in [-0.05, 0) is 57.9 Å². The topological polar surface area (TPSA) is 12.5 Å². The van der Waals surface area contributed by atoms with Gasteiger partial charge in [0.15, 0.2) is 0 Å². The fourth-order valence-electron chi connectivity index (χ4n) is 3.86. The molecule has 3 heteroatoms. The molecule has 2 nitrogen and oxygen atoms in total. The van der Waals surface area contributed by atoms with Crippen LogP contribution in [0, 0.1) is 5.92 Å². The van der Waals surface area contributed by atoms with Crippen molar-refractivity contribution in [1.29, 1.82) is 0 Å². The van der Waals surface area contributed by atoms with Gasteiger partial charge in [-0.1, -0.05) is 45.8 Å². The Morgan fingerprint density at radius 3 is 2.50 bits per heavy atom. The van der Waals surface area contributed by atoms with Crippen molar-refractivity contribution in [2.45, 2.75) is 97.8 Å². The van der Waals surface area contributed by atoms with Crippen LogP contribution in [0.15, 0.2) is 11.6 Å². The molecule has 142 valence electrons. The highest BCUT2D eigenvalue weighted by molar-refractivity contribution is 5.12. The third-order valence-electron chi connectivity index (χ3n) is 5.48. The number of hydrogen-bond acceptors (Lipinski definition) is 2. The van der Waals surface area contributed by atoms with Gasteiger partial charge in [0.2, 0.25) is 0 Å². The van der Waals surface area contributed by atoms with Crippen LogP contribution in [0.25, 0.3) is 0 Å². The number of nitrogens with zero attached hydrogens (tertiary/aromatic N) is 1. The molecule has 0 aromatic carbocycles. The van der Waals surface area contributed by atoms with Gasteiger partial charge in [-0.2, -0.15) is 0 Å². The van der Waals surface area contributed by atoms with Gasteiger partial charge < -0.3 is 4.74 Å². The van der Waals surface area contributed by atoms with E-state index in [9.17, 15) is 4.39 Å². The molecule has 4 atom stereocenters. The summed E-state index contributed by atoms with van der Waals surface area (Å²) in [4.78, 5) is 2.67. The van der Waals surface area contributed by atoms with Crippen LogP contribution in [-0.2, 0) is 4.74 Å². The average Bonchev–Trinajstić information content (AvgIpc) is 3.29. The lowest BCUT2D eigenvalue weighted by Crippen LogP contribution is -2.37. The number of likely N-dealkylation sites (N-methyl/N-ethyl adjacent to an activating group) is 1. The molecule has 1 aliphatic carbocycles. The number of allylic oxidation sites excluding steroid dienone is 1. The van der Waals surface area contributed by atoms with Gasteiger partial charge in [-0.25, -0.2) is 4.39 Å². The summed E-state index contributed by atoms with van der Waals surface area (Å²) in [6.45, 7) is 12.5. The van der Waals surface area contributed by atoms with E-state index < -0.39 is 0 Å². The molecule has 0 bridgehead atoms. The van der Waals surface area contributed by atoms with Crippen LogP contribution in [0.2, 0.25) is 0 Å². The molecule has 0 spiro atoms. The zero-order valence-electron chi connectivity index (χ0n) is 16.7. The van der Waals surface area contributed by atoms with Crippen molar-refractivity contribution in [2.75, 3.05) is 19.8 Å². The van der Waals surface area contributed by atoms with Crippen molar-refractivity contribution in [3.05, 3.63) is 11.6 Å². The minimum atomic E-state index is -0.371. The summed E-state index contributed by atoms with van der Waals surface area (Å²) >= 11 is 0. The summed E-state index contributed by atoms with van der Waals surface area (Å²) < 4.78 is 17.9. The largest absolute Gasteiger partial charge is 0.376 e. The molecule has 0 amide bonds. The van der Waals surface area contributed by atoms with Crippen molar-refractivity contribution in [3.8, 4) is 0 Å².